The zero-order valence-electron chi connectivity index (χ0n) is 8.54. The van der Waals surface area contributed by atoms with Gasteiger partial charge in [0.25, 0.3) is 0 Å². The van der Waals surface area contributed by atoms with Crippen LogP contribution >= 0.6 is 0 Å². The molecule has 1 heterocycles. The third-order valence-electron chi connectivity index (χ3n) is 2.14. The van der Waals surface area contributed by atoms with Crippen LogP contribution in [0.2, 0.25) is 0 Å². The lowest BCUT2D eigenvalue weighted by atomic mass is 10.2. The number of aliphatic carboxylic acids is 2. The lowest BCUT2D eigenvalue weighted by molar-refractivity contribution is -0.133. The van der Waals surface area contributed by atoms with Gasteiger partial charge in [0.1, 0.15) is 11.4 Å². The molecule has 6 nitrogen and oxygen atoms in total. The Hall–Kier alpha value is -2.63. The summed E-state index contributed by atoms with van der Waals surface area (Å²) in [6.07, 6.45) is 0.611. The summed E-state index contributed by atoms with van der Waals surface area (Å²) in [7, 11) is 0. The number of fused-ring (bicyclic) bond motifs is 1. The second kappa shape index (κ2) is 4.09. The molecule has 0 fully saturated rings. The molecule has 3 N–H and O–H groups in total. The quantitative estimate of drug-likeness (QED) is 0.688. The highest BCUT2D eigenvalue weighted by atomic mass is 16.4. The number of carboxylic acid groups (broad SMARTS) is 2. The third-order valence-corrected chi connectivity index (χ3v) is 2.14. The van der Waals surface area contributed by atoms with Gasteiger partial charge in [-0.25, -0.2) is 14.6 Å². The van der Waals surface area contributed by atoms with E-state index in [1.54, 1.807) is 24.3 Å². The van der Waals surface area contributed by atoms with Crippen LogP contribution in [0.1, 0.15) is 5.82 Å². The van der Waals surface area contributed by atoms with Gasteiger partial charge in [-0.15, -0.1) is 0 Å². The average Bonchev–Trinajstić information content (AvgIpc) is 2.68. The topological polar surface area (TPSA) is 103 Å². The van der Waals surface area contributed by atoms with Crippen LogP contribution in [0.5, 0.6) is 0 Å². The maximum atomic E-state index is 10.9. The van der Waals surface area contributed by atoms with E-state index >= 15 is 0 Å². The lowest BCUT2D eigenvalue weighted by Crippen LogP contribution is -2.04. The largest absolute Gasteiger partial charge is 0.478 e. The fourth-order valence-corrected chi connectivity index (χ4v) is 1.44. The minimum absolute atomic E-state index is 0.0288. The number of benzene rings is 1. The van der Waals surface area contributed by atoms with Crippen molar-refractivity contribution in [2.24, 2.45) is 0 Å². The molecule has 0 unspecified atom stereocenters. The van der Waals surface area contributed by atoms with Gasteiger partial charge in [0.2, 0.25) is 0 Å². The first-order valence-corrected chi connectivity index (χ1v) is 4.71. The highest BCUT2D eigenvalue weighted by Gasteiger charge is 2.16. The molecule has 2 rings (SSSR count). The third kappa shape index (κ3) is 2.15. The molecule has 0 aliphatic carbocycles. The maximum Gasteiger partial charge on any atom is 0.339 e. The van der Waals surface area contributed by atoms with E-state index in [1.807, 2.05) is 0 Å². The Bertz CT molecular complexity index is 594. The molecule has 17 heavy (non-hydrogen) atoms. The van der Waals surface area contributed by atoms with Crippen molar-refractivity contribution in [1.29, 1.82) is 0 Å². The van der Waals surface area contributed by atoms with Crippen molar-refractivity contribution in [3.8, 4) is 0 Å². The zero-order valence-corrected chi connectivity index (χ0v) is 8.54. The molecule has 1 aromatic carbocycles. The maximum absolute atomic E-state index is 10.9. The fourth-order valence-electron chi connectivity index (χ4n) is 1.44. The van der Waals surface area contributed by atoms with Crippen LogP contribution in [0.3, 0.4) is 0 Å². The van der Waals surface area contributed by atoms with Gasteiger partial charge in [0.15, 0.2) is 0 Å². The van der Waals surface area contributed by atoms with E-state index in [2.05, 4.69) is 9.97 Å². The van der Waals surface area contributed by atoms with Gasteiger partial charge in [0, 0.05) is 6.08 Å². The molecule has 0 amide bonds. The van der Waals surface area contributed by atoms with E-state index in [0.717, 1.165) is 0 Å². The number of para-hydroxylation sites is 2. The summed E-state index contributed by atoms with van der Waals surface area (Å²) in [4.78, 5) is 28.2. The molecular formula is C11H8N2O4. The number of hydrogen-bond donors (Lipinski definition) is 3. The Morgan fingerprint density at radius 1 is 1.24 bits per heavy atom. The summed E-state index contributed by atoms with van der Waals surface area (Å²) in [6, 6.07) is 6.96. The summed E-state index contributed by atoms with van der Waals surface area (Å²) in [5.74, 6) is -2.64. The van der Waals surface area contributed by atoms with Crippen LogP contribution in [-0.4, -0.2) is 32.1 Å². The van der Waals surface area contributed by atoms with E-state index in [-0.39, 0.29) is 11.4 Å². The highest BCUT2D eigenvalue weighted by Crippen LogP contribution is 2.16. The molecule has 0 bridgehead atoms. The number of carboxylic acids is 2. The van der Waals surface area contributed by atoms with Gasteiger partial charge in [-0.2, -0.15) is 0 Å². The van der Waals surface area contributed by atoms with Gasteiger partial charge in [-0.3, -0.25) is 0 Å². The van der Waals surface area contributed by atoms with E-state index in [4.69, 9.17) is 10.2 Å². The van der Waals surface area contributed by atoms with Crippen LogP contribution < -0.4 is 0 Å². The van der Waals surface area contributed by atoms with Gasteiger partial charge in [-0.1, -0.05) is 12.1 Å². The molecule has 6 heteroatoms. The molecule has 0 saturated carbocycles. The highest BCUT2D eigenvalue weighted by molar-refractivity contribution is 6.18. The number of aromatic nitrogens is 2. The van der Waals surface area contributed by atoms with Crippen molar-refractivity contribution in [3.05, 3.63) is 36.2 Å². The van der Waals surface area contributed by atoms with Crippen molar-refractivity contribution in [3.63, 3.8) is 0 Å². The predicted molar refractivity (Wildman–Crippen MR) is 59.3 cm³/mol. The Morgan fingerprint density at radius 2 is 1.94 bits per heavy atom. The number of imidazole rings is 1. The second-order valence-electron chi connectivity index (χ2n) is 3.30. The number of H-pyrrole nitrogens is 1. The van der Waals surface area contributed by atoms with Crippen LogP contribution in [0.25, 0.3) is 16.6 Å². The normalized spacial score (nSPS) is 11.6. The number of hydrogen-bond acceptors (Lipinski definition) is 3. The SMILES string of the molecule is O=C(O)/C=C(/C(=O)O)c1nc2ccccc2[nH]1. The summed E-state index contributed by atoms with van der Waals surface area (Å²) in [6.45, 7) is 0. The lowest BCUT2D eigenvalue weighted by Gasteiger charge is -1.95. The van der Waals surface area contributed by atoms with Crippen molar-refractivity contribution in [2.45, 2.75) is 0 Å². The molecule has 2 aromatic rings. The predicted octanol–water partition coefficient (Wildman–Crippen LogP) is 1.12. The first-order valence-electron chi connectivity index (χ1n) is 4.71. The number of carbonyl (C=O) groups is 2. The van der Waals surface area contributed by atoms with E-state index in [0.29, 0.717) is 17.1 Å². The van der Waals surface area contributed by atoms with Crippen LogP contribution in [-0.2, 0) is 9.59 Å². The molecule has 0 aliphatic rings. The first kappa shape index (κ1) is 10.9. The zero-order chi connectivity index (χ0) is 12.4. The molecule has 0 saturated heterocycles. The molecule has 0 radical (unpaired) electrons. The van der Waals surface area contributed by atoms with E-state index < -0.39 is 11.9 Å². The minimum Gasteiger partial charge on any atom is -0.478 e. The molecular weight excluding hydrogens is 224 g/mol. The summed E-state index contributed by atoms with van der Waals surface area (Å²) < 4.78 is 0. The summed E-state index contributed by atoms with van der Waals surface area (Å²) in [5.41, 5.74) is 0.855. The van der Waals surface area contributed by atoms with Crippen molar-refractivity contribution in [1.82, 2.24) is 9.97 Å². The van der Waals surface area contributed by atoms with Crippen LogP contribution in [0, 0.1) is 0 Å². The van der Waals surface area contributed by atoms with Gasteiger partial charge < -0.3 is 15.2 Å². The second-order valence-corrected chi connectivity index (χ2v) is 3.30. The summed E-state index contributed by atoms with van der Waals surface area (Å²) >= 11 is 0. The number of aromatic amines is 1. The molecule has 0 spiro atoms. The van der Waals surface area contributed by atoms with E-state index in [1.165, 1.54) is 0 Å². The average molecular weight is 232 g/mol. The molecule has 0 aliphatic heterocycles. The molecule has 1 aromatic heterocycles. The summed E-state index contributed by atoms with van der Waals surface area (Å²) in [5, 5.41) is 17.5. The van der Waals surface area contributed by atoms with E-state index in [9.17, 15) is 9.59 Å². The van der Waals surface area contributed by atoms with Crippen molar-refractivity contribution >= 4 is 28.5 Å². The standard InChI is InChI=1S/C11H8N2O4/c14-9(15)5-6(11(16)17)10-12-7-3-1-2-4-8(7)13-10/h1-5H,(H,12,13)(H,14,15)(H,16,17)/b6-5+. The minimum atomic E-state index is -1.34. The monoisotopic (exact) mass is 232 g/mol. The molecule has 86 valence electrons. The van der Waals surface area contributed by atoms with Gasteiger partial charge in [-0.05, 0) is 12.1 Å². The fraction of sp³-hybridized carbons (Fsp3) is 0. The Balaban J connectivity index is 2.57. The number of nitrogens with one attached hydrogen (secondary N) is 1. The Morgan fingerprint density at radius 3 is 2.53 bits per heavy atom. The van der Waals surface area contributed by atoms with Crippen LogP contribution in [0.4, 0.5) is 0 Å². The van der Waals surface area contributed by atoms with Gasteiger partial charge >= 0.3 is 11.9 Å². The Labute approximate surface area is 95.2 Å². The first-order chi connectivity index (χ1) is 8.08. The number of nitrogens with zero attached hydrogens (tertiary/aromatic N) is 1. The molecule has 0 atom stereocenters. The Kier molecular flexibility index (Phi) is 2.61. The smallest absolute Gasteiger partial charge is 0.339 e. The number of rotatable bonds is 3. The van der Waals surface area contributed by atoms with Gasteiger partial charge in [0.05, 0.1) is 11.0 Å². The van der Waals surface area contributed by atoms with Crippen LogP contribution in [0.15, 0.2) is 30.3 Å². The van der Waals surface area contributed by atoms with Crippen molar-refractivity contribution in [2.75, 3.05) is 0 Å². The van der Waals surface area contributed by atoms with Crippen molar-refractivity contribution < 1.29 is 19.8 Å².